The molecule has 45 heavy (non-hydrogen) atoms. The maximum atomic E-state index is 13.9. The number of ether oxygens (including phenoxy) is 1. The summed E-state index contributed by atoms with van der Waals surface area (Å²) >= 11 is 1.16. The van der Waals surface area contributed by atoms with Gasteiger partial charge in [-0.1, -0.05) is 49.9 Å². The zero-order valence-corrected chi connectivity index (χ0v) is 24.8. The van der Waals surface area contributed by atoms with Crippen molar-refractivity contribution >= 4 is 34.6 Å². The van der Waals surface area contributed by atoms with E-state index in [2.05, 4.69) is 25.1 Å². The van der Waals surface area contributed by atoms with Crippen LogP contribution in [-0.4, -0.2) is 50.0 Å². The van der Waals surface area contributed by atoms with Gasteiger partial charge in [-0.05, 0) is 65.9 Å². The van der Waals surface area contributed by atoms with E-state index in [0.717, 1.165) is 29.3 Å². The third kappa shape index (κ3) is 6.85. The van der Waals surface area contributed by atoms with Crippen molar-refractivity contribution in [2.24, 2.45) is 4.99 Å². The molecule has 2 unspecified atom stereocenters. The number of hydrogen-bond donors (Lipinski definition) is 1. The van der Waals surface area contributed by atoms with Crippen LogP contribution in [0.25, 0.3) is 17.1 Å². The quantitative estimate of drug-likeness (QED) is 0.224. The number of carbonyl (C=O) groups excluding carboxylic acids is 2. The number of halogens is 4. The Morgan fingerprint density at radius 2 is 1.82 bits per heavy atom. The smallest absolute Gasteiger partial charge is 0.406 e. The molecule has 0 spiro atoms. The van der Waals surface area contributed by atoms with Gasteiger partial charge in [0.05, 0.1) is 17.1 Å². The predicted molar refractivity (Wildman–Crippen MR) is 161 cm³/mol. The lowest BCUT2D eigenvalue weighted by Crippen LogP contribution is -2.32. The molecule has 2 fully saturated rings. The van der Waals surface area contributed by atoms with Crippen LogP contribution < -0.4 is 15.0 Å². The number of anilines is 1. The van der Waals surface area contributed by atoms with Crippen LogP contribution in [0.4, 0.5) is 28.0 Å². The number of nitrogens with zero attached hydrogens (tertiary/aromatic N) is 5. The van der Waals surface area contributed by atoms with Crippen molar-refractivity contribution < 1.29 is 31.9 Å². The molecule has 1 N–H and O–H groups in total. The van der Waals surface area contributed by atoms with Crippen molar-refractivity contribution in [2.45, 2.75) is 44.5 Å². The molecule has 3 aromatic carbocycles. The van der Waals surface area contributed by atoms with Crippen LogP contribution >= 0.6 is 11.8 Å². The van der Waals surface area contributed by atoms with Crippen molar-refractivity contribution in [3.8, 4) is 22.8 Å². The molecule has 2 aliphatic rings. The Morgan fingerprint density at radius 1 is 1.09 bits per heavy atom. The molecular formula is C31H26F4N6O3S. The van der Waals surface area contributed by atoms with Gasteiger partial charge >= 0.3 is 12.4 Å². The fourth-order valence-electron chi connectivity index (χ4n) is 5.07. The molecule has 1 saturated heterocycles. The van der Waals surface area contributed by atoms with Crippen molar-refractivity contribution in [3.05, 3.63) is 90.0 Å². The minimum atomic E-state index is -4.77. The number of amidine groups is 1. The van der Waals surface area contributed by atoms with Gasteiger partial charge < -0.3 is 10.1 Å². The number of thioether (sulfide) groups is 1. The van der Waals surface area contributed by atoms with E-state index in [1.165, 1.54) is 58.4 Å². The fourth-order valence-corrected chi connectivity index (χ4v) is 5.93. The molecule has 2 heterocycles. The molecule has 232 valence electrons. The van der Waals surface area contributed by atoms with Gasteiger partial charge in [-0.2, -0.15) is 4.99 Å². The maximum absolute atomic E-state index is 13.9. The van der Waals surface area contributed by atoms with E-state index in [1.54, 1.807) is 0 Å². The first-order chi connectivity index (χ1) is 21.4. The number of nitrogens with one attached hydrogen (secondary N) is 1. The first-order valence-electron chi connectivity index (χ1n) is 14.0. The zero-order chi connectivity index (χ0) is 31.9. The molecule has 6 rings (SSSR count). The molecule has 0 radical (unpaired) electrons. The zero-order valence-electron chi connectivity index (χ0n) is 24.0. The van der Waals surface area contributed by atoms with E-state index in [-0.39, 0.29) is 40.5 Å². The molecule has 3 amide bonds. The number of urea groups is 1. The SMILES string of the molecule is CC(C)c1cc(F)ccc1N1C(=O)CS/C1=N\C(=O)NC1CC1c1ccc(-c2ncn(-c3ccc(OC(F)(F)F)cc3)n2)cc1. The molecule has 0 bridgehead atoms. The van der Waals surface area contributed by atoms with E-state index < -0.39 is 18.2 Å². The van der Waals surface area contributed by atoms with E-state index in [1.807, 2.05) is 38.1 Å². The summed E-state index contributed by atoms with van der Waals surface area (Å²) in [5.74, 6) is -0.342. The second kappa shape index (κ2) is 12.0. The average molecular weight is 639 g/mol. The Bertz CT molecular complexity index is 1770. The van der Waals surface area contributed by atoms with Crippen molar-refractivity contribution in [1.29, 1.82) is 0 Å². The summed E-state index contributed by atoms with van der Waals surface area (Å²) in [5.41, 5.74) is 3.44. The first kappa shape index (κ1) is 30.3. The van der Waals surface area contributed by atoms with Gasteiger partial charge in [0.15, 0.2) is 11.0 Å². The number of aromatic nitrogens is 3. The Labute approximate surface area is 259 Å². The van der Waals surface area contributed by atoms with E-state index in [0.29, 0.717) is 22.8 Å². The standard InChI is InChI=1S/C31H26F4N6O3S/c1-17(2)23-13-20(32)7-12-26(23)41-27(42)15-45-30(41)38-29(43)37-25-14-24(25)18-3-5-19(6-4-18)28-36-16-40(39-28)21-8-10-22(11-9-21)44-31(33,34)35/h3-13,16-17,24-25H,14-15H2,1-2H3,(H,37,43)/b38-30-. The van der Waals surface area contributed by atoms with Gasteiger partial charge in [0.1, 0.15) is 17.9 Å². The van der Waals surface area contributed by atoms with Crippen LogP contribution in [0, 0.1) is 5.82 Å². The number of hydrogen-bond acceptors (Lipinski definition) is 6. The predicted octanol–water partition coefficient (Wildman–Crippen LogP) is 6.80. The summed E-state index contributed by atoms with van der Waals surface area (Å²) in [5, 5.41) is 7.59. The normalized spacial score (nSPS) is 19.0. The Morgan fingerprint density at radius 3 is 2.51 bits per heavy atom. The average Bonchev–Trinajstić information content (AvgIpc) is 3.39. The summed E-state index contributed by atoms with van der Waals surface area (Å²) in [7, 11) is 0. The number of benzene rings is 3. The van der Waals surface area contributed by atoms with Crippen LogP contribution in [0.1, 0.15) is 43.2 Å². The lowest BCUT2D eigenvalue weighted by Gasteiger charge is -2.21. The maximum Gasteiger partial charge on any atom is 0.573 e. The second-order valence-corrected chi connectivity index (χ2v) is 11.8. The highest BCUT2D eigenvalue weighted by atomic mass is 32.2. The second-order valence-electron chi connectivity index (χ2n) is 10.8. The third-order valence-electron chi connectivity index (χ3n) is 7.34. The van der Waals surface area contributed by atoms with Crippen LogP contribution in [0.2, 0.25) is 0 Å². The lowest BCUT2D eigenvalue weighted by molar-refractivity contribution is -0.274. The van der Waals surface area contributed by atoms with Crippen molar-refractivity contribution in [3.63, 3.8) is 0 Å². The summed E-state index contributed by atoms with van der Waals surface area (Å²) in [6.45, 7) is 3.81. The number of carbonyl (C=O) groups is 2. The largest absolute Gasteiger partial charge is 0.573 e. The molecule has 9 nitrogen and oxygen atoms in total. The molecular weight excluding hydrogens is 612 g/mol. The minimum absolute atomic E-state index is 0.0446. The van der Waals surface area contributed by atoms with Gasteiger partial charge in [0, 0.05) is 17.5 Å². The monoisotopic (exact) mass is 638 g/mol. The summed E-state index contributed by atoms with van der Waals surface area (Å²) in [6, 6.07) is 16.4. The van der Waals surface area contributed by atoms with E-state index >= 15 is 0 Å². The fraction of sp³-hybridized carbons (Fsp3) is 0.258. The van der Waals surface area contributed by atoms with E-state index in [4.69, 9.17) is 0 Å². The molecule has 14 heteroatoms. The van der Waals surface area contributed by atoms with Gasteiger partial charge in [-0.3, -0.25) is 9.69 Å². The van der Waals surface area contributed by atoms with Gasteiger partial charge in [-0.15, -0.1) is 18.3 Å². The molecule has 1 aliphatic heterocycles. The summed E-state index contributed by atoms with van der Waals surface area (Å²) in [4.78, 5) is 35.4. The Balaban J connectivity index is 1.08. The molecule has 4 aromatic rings. The van der Waals surface area contributed by atoms with E-state index in [9.17, 15) is 27.2 Å². The summed E-state index contributed by atoms with van der Waals surface area (Å²) in [6.07, 6.45) is -2.58. The third-order valence-corrected chi connectivity index (χ3v) is 8.26. The number of rotatable bonds is 7. The number of alkyl halides is 3. The molecule has 1 saturated carbocycles. The minimum Gasteiger partial charge on any atom is -0.406 e. The molecule has 1 aliphatic carbocycles. The molecule has 2 atom stereocenters. The van der Waals surface area contributed by atoms with Crippen LogP contribution in [-0.2, 0) is 4.79 Å². The lowest BCUT2D eigenvalue weighted by atomic mass is 10.0. The topological polar surface area (TPSA) is 102 Å². The molecule has 1 aromatic heterocycles. The summed E-state index contributed by atoms with van der Waals surface area (Å²) < 4.78 is 56.5. The van der Waals surface area contributed by atoms with Crippen LogP contribution in [0.3, 0.4) is 0 Å². The van der Waals surface area contributed by atoms with Crippen molar-refractivity contribution in [1.82, 2.24) is 20.1 Å². The highest BCUT2D eigenvalue weighted by Gasteiger charge is 2.40. The highest BCUT2D eigenvalue weighted by Crippen LogP contribution is 2.41. The van der Waals surface area contributed by atoms with Gasteiger partial charge in [-0.25, -0.2) is 18.9 Å². The van der Waals surface area contributed by atoms with Crippen LogP contribution in [0.15, 0.2) is 78.0 Å². The van der Waals surface area contributed by atoms with Gasteiger partial charge in [0.2, 0.25) is 5.91 Å². The van der Waals surface area contributed by atoms with Crippen molar-refractivity contribution in [2.75, 3.05) is 10.7 Å². The number of aliphatic imine (C=N–C) groups is 1. The van der Waals surface area contributed by atoms with Crippen LogP contribution in [0.5, 0.6) is 5.75 Å². The van der Waals surface area contributed by atoms with Gasteiger partial charge in [0.25, 0.3) is 0 Å². The Hall–Kier alpha value is -4.72. The highest BCUT2D eigenvalue weighted by molar-refractivity contribution is 8.15. The number of amides is 3. The first-order valence-corrected chi connectivity index (χ1v) is 15.0. The Kier molecular flexibility index (Phi) is 8.08.